The molecular weight excluding hydrogens is 554 g/mol. The Morgan fingerprint density at radius 3 is 2.24 bits per heavy atom. The first-order valence-corrected chi connectivity index (χ1v) is 13.8. The van der Waals surface area contributed by atoms with E-state index in [1.54, 1.807) is 12.1 Å². The van der Waals surface area contributed by atoms with Crippen molar-refractivity contribution in [2.75, 3.05) is 23.7 Å². The summed E-state index contributed by atoms with van der Waals surface area (Å²) in [5.41, 5.74) is -0.975. The van der Waals surface area contributed by atoms with Crippen molar-refractivity contribution >= 4 is 50.7 Å². The second-order valence-electron chi connectivity index (χ2n) is 8.89. The van der Waals surface area contributed by atoms with Crippen LogP contribution in [0.4, 0.5) is 18.9 Å². The number of carbonyl (C=O) groups excluding carboxylic acids is 2. The summed E-state index contributed by atoms with van der Waals surface area (Å²) in [5, 5.41) is 3.29. The van der Waals surface area contributed by atoms with Crippen molar-refractivity contribution in [3.8, 4) is 0 Å². The molecule has 0 radical (unpaired) electrons. The van der Waals surface area contributed by atoms with Crippen molar-refractivity contribution in [3.05, 3.63) is 63.6 Å². The van der Waals surface area contributed by atoms with Gasteiger partial charge in [0.15, 0.2) is 0 Å². The summed E-state index contributed by atoms with van der Waals surface area (Å²) in [4.78, 5) is 27.4. The van der Waals surface area contributed by atoms with Gasteiger partial charge in [0.2, 0.25) is 21.8 Å². The van der Waals surface area contributed by atoms with E-state index in [-0.39, 0.29) is 23.2 Å². The molecule has 204 valence electrons. The average Bonchev–Trinajstić information content (AvgIpc) is 2.78. The monoisotopic (exact) mass is 581 g/mol. The van der Waals surface area contributed by atoms with Crippen molar-refractivity contribution in [2.45, 2.75) is 39.5 Å². The number of amides is 2. The number of sulfonamides is 1. The van der Waals surface area contributed by atoms with E-state index in [4.69, 9.17) is 23.2 Å². The average molecular weight is 582 g/mol. The number of alkyl halides is 3. The van der Waals surface area contributed by atoms with Gasteiger partial charge in [0.1, 0.15) is 12.6 Å². The summed E-state index contributed by atoms with van der Waals surface area (Å²) in [6.07, 6.45) is -3.94. The molecule has 0 bridgehead atoms. The van der Waals surface area contributed by atoms with Crippen LogP contribution in [0.2, 0.25) is 10.0 Å². The molecule has 13 heteroatoms. The van der Waals surface area contributed by atoms with Crippen LogP contribution in [0.5, 0.6) is 0 Å². The summed E-state index contributed by atoms with van der Waals surface area (Å²) in [5.74, 6) is -1.18. The molecule has 2 aromatic carbocycles. The third kappa shape index (κ3) is 8.79. The van der Waals surface area contributed by atoms with Crippen molar-refractivity contribution < 1.29 is 31.2 Å². The Hall–Kier alpha value is -2.50. The van der Waals surface area contributed by atoms with Gasteiger partial charge in [0.25, 0.3) is 0 Å². The maximum Gasteiger partial charge on any atom is 0.416 e. The Bertz CT molecular complexity index is 1240. The molecule has 0 aliphatic heterocycles. The first-order valence-electron chi connectivity index (χ1n) is 11.2. The molecule has 0 heterocycles. The van der Waals surface area contributed by atoms with Crippen molar-refractivity contribution in [2.24, 2.45) is 5.92 Å². The van der Waals surface area contributed by atoms with E-state index >= 15 is 0 Å². The Balaban J connectivity index is 2.46. The number of anilines is 1. The van der Waals surface area contributed by atoms with E-state index in [9.17, 15) is 31.2 Å². The van der Waals surface area contributed by atoms with Crippen LogP contribution >= 0.6 is 23.2 Å². The van der Waals surface area contributed by atoms with Crippen LogP contribution < -0.4 is 9.62 Å². The topological polar surface area (TPSA) is 86.8 Å². The number of benzene rings is 2. The third-order valence-electron chi connectivity index (χ3n) is 5.35. The molecular formula is C24H28Cl2F3N3O4S. The fourth-order valence-electron chi connectivity index (χ4n) is 3.32. The number of rotatable bonds is 10. The largest absolute Gasteiger partial charge is 0.416 e. The Morgan fingerprint density at radius 1 is 1.05 bits per heavy atom. The Morgan fingerprint density at radius 2 is 1.70 bits per heavy atom. The predicted molar refractivity (Wildman–Crippen MR) is 138 cm³/mol. The molecule has 1 atom stereocenters. The quantitative estimate of drug-likeness (QED) is 0.429. The minimum atomic E-state index is -4.72. The SMILES string of the molecule is CC(C)CNC(=O)C(C)N(Cc1ccc(Cl)cc1Cl)C(=O)CN(c1cccc(C(F)(F)F)c1)S(C)(=O)=O. The van der Waals surface area contributed by atoms with Crippen LogP contribution in [0.25, 0.3) is 0 Å². The minimum Gasteiger partial charge on any atom is -0.354 e. The van der Waals surface area contributed by atoms with Gasteiger partial charge in [0, 0.05) is 23.1 Å². The molecule has 2 aromatic rings. The lowest BCUT2D eigenvalue weighted by Crippen LogP contribution is -2.51. The molecule has 37 heavy (non-hydrogen) atoms. The highest BCUT2D eigenvalue weighted by molar-refractivity contribution is 7.92. The van der Waals surface area contributed by atoms with E-state index in [0.29, 0.717) is 27.5 Å². The molecule has 7 nitrogen and oxygen atoms in total. The lowest BCUT2D eigenvalue weighted by atomic mass is 10.1. The summed E-state index contributed by atoms with van der Waals surface area (Å²) in [7, 11) is -4.19. The molecule has 0 aliphatic rings. The zero-order valence-electron chi connectivity index (χ0n) is 20.6. The van der Waals surface area contributed by atoms with Crippen molar-refractivity contribution in [3.63, 3.8) is 0 Å². The third-order valence-corrected chi connectivity index (χ3v) is 7.08. The first kappa shape index (κ1) is 30.7. The van der Waals surface area contributed by atoms with E-state index in [0.717, 1.165) is 29.4 Å². The highest BCUT2D eigenvalue weighted by atomic mass is 35.5. The van der Waals surface area contributed by atoms with Crippen LogP contribution in [0, 0.1) is 5.92 Å². The highest BCUT2D eigenvalue weighted by Crippen LogP contribution is 2.32. The van der Waals surface area contributed by atoms with Gasteiger partial charge in [0.05, 0.1) is 17.5 Å². The van der Waals surface area contributed by atoms with Gasteiger partial charge in [-0.1, -0.05) is 49.2 Å². The van der Waals surface area contributed by atoms with E-state index in [1.807, 2.05) is 13.8 Å². The van der Waals surface area contributed by atoms with E-state index < -0.39 is 46.2 Å². The smallest absolute Gasteiger partial charge is 0.354 e. The molecule has 2 amide bonds. The fourth-order valence-corrected chi connectivity index (χ4v) is 4.63. The van der Waals surface area contributed by atoms with Crippen LogP contribution in [-0.4, -0.2) is 50.5 Å². The van der Waals surface area contributed by atoms with Crippen LogP contribution in [0.15, 0.2) is 42.5 Å². The summed E-state index contributed by atoms with van der Waals surface area (Å²) < 4.78 is 65.4. The van der Waals surface area contributed by atoms with Gasteiger partial charge in [-0.3, -0.25) is 13.9 Å². The van der Waals surface area contributed by atoms with Crippen LogP contribution in [0.1, 0.15) is 31.9 Å². The Kier molecular flexibility index (Phi) is 10.3. The van der Waals surface area contributed by atoms with Gasteiger partial charge in [-0.15, -0.1) is 0 Å². The zero-order chi connectivity index (χ0) is 28.1. The van der Waals surface area contributed by atoms with Crippen LogP contribution in [0.3, 0.4) is 0 Å². The molecule has 2 rings (SSSR count). The van der Waals surface area contributed by atoms with Gasteiger partial charge in [-0.2, -0.15) is 13.2 Å². The lowest BCUT2D eigenvalue weighted by molar-refractivity contribution is -0.139. The Labute approximate surface area is 224 Å². The zero-order valence-corrected chi connectivity index (χ0v) is 23.0. The molecule has 0 saturated heterocycles. The molecule has 0 saturated carbocycles. The van der Waals surface area contributed by atoms with Crippen molar-refractivity contribution in [1.82, 2.24) is 10.2 Å². The lowest BCUT2D eigenvalue weighted by Gasteiger charge is -2.32. The molecule has 0 spiro atoms. The standard InChI is InChI=1S/C24H28Cl2F3N3O4S/c1-15(2)12-30-23(34)16(3)31(13-17-8-9-19(25)11-21(17)26)22(33)14-32(37(4,35)36)20-7-5-6-18(10-20)24(27,28)29/h5-11,15-16H,12-14H2,1-4H3,(H,30,34). The van der Waals surface area contributed by atoms with E-state index in [1.165, 1.54) is 13.0 Å². The number of halogens is 5. The summed E-state index contributed by atoms with van der Waals surface area (Å²) in [6.45, 7) is 4.57. The van der Waals surface area contributed by atoms with Crippen LogP contribution in [-0.2, 0) is 32.3 Å². The maximum atomic E-state index is 13.5. The van der Waals surface area contributed by atoms with Crippen molar-refractivity contribution in [1.29, 1.82) is 0 Å². The normalized spacial score (nSPS) is 12.8. The number of carbonyl (C=O) groups is 2. The number of hydrogen-bond acceptors (Lipinski definition) is 4. The second-order valence-corrected chi connectivity index (χ2v) is 11.6. The summed E-state index contributed by atoms with van der Waals surface area (Å²) in [6, 6.07) is 7.15. The van der Waals surface area contributed by atoms with Gasteiger partial charge < -0.3 is 10.2 Å². The number of hydrogen-bond donors (Lipinski definition) is 1. The molecule has 0 fully saturated rings. The second kappa shape index (κ2) is 12.4. The number of nitrogens with zero attached hydrogens (tertiary/aromatic N) is 2. The van der Waals surface area contributed by atoms with Gasteiger partial charge >= 0.3 is 6.18 Å². The molecule has 1 N–H and O–H groups in total. The highest BCUT2D eigenvalue weighted by Gasteiger charge is 2.33. The summed E-state index contributed by atoms with van der Waals surface area (Å²) >= 11 is 12.2. The van der Waals surface area contributed by atoms with E-state index in [2.05, 4.69) is 5.32 Å². The fraction of sp³-hybridized carbons (Fsp3) is 0.417. The first-order chi connectivity index (χ1) is 17.0. The molecule has 1 unspecified atom stereocenters. The molecule has 0 aromatic heterocycles. The minimum absolute atomic E-state index is 0.132. The molecule has 0 aliphatic carbocycles. The predicted octanol–water partition coefficient (Wildman–Crippen LogP) is 4.97. The number of nitrogens with one attached hydrogen (secondary N) is 1. The van der Waals surface area contributed by atoms with Gasteiger partial charge in [-0.25, -0.2) is 8.42 Å². The maximum absolute atomic E-state index is 13.5. The van der Waals surface area contributed by atoms with Gasteiger partial charge in [-0.05, 0) is 48.7 Å².